The summed E-state index contributed by atoms with van der Waals surface area (Å²) < 4.78 is 0. The summed E-state index contributed by atoms with van der Waals surface area (Å²) in [5, 5.41) is 0.977. The number of hydrogen-bond acceptors (Lipinski definition) is 1. The fourth-order valence-electron chi connectivity index (χ4n) is 1.36. The third-order valence-corrected chi connectivity index (χ3v) is 2.99. The van der Waals surface area contributed by atoms with Crippen molar-refractivity contribution in [2.75, 3.05) is 18.9 Å². The van der Waals surface area contributed by atoms with Gasteiger partial charge in [-0.15, -0.1) is 0 Å². The largest absolute Gasteiger partial charge is 0.345 e. The van der Waals surface area contributed by atoms with E-state index in [1.807, 2.05) is 11.9 Å². The first-order valence-electron chi connectivity index (χ1n) is 4.47. The van der Waals surface area contributed by atoms with Gasteiger partial charge in [0.15, 0.2) is 0 Å². The van der Waals surface area contributed by atoms with Gasteiger partial charge in [0, 0.05) is 24.8 Å². The monoisotopic (exact) mass is 233 g/mol. The van der Waals surface area contributed by atoms with Crippen molar-refractivity contribution in [1.29, 1.82) is 0 Å². The number of halogens is 1. The van der Waals surface area contributed by atoms with Gasteiger partial charge in [-0.3, -0.25) is 4.79 Å². The fraction of sp³-hybridized carbons (Fsp3) is 0.889. The minimum atomic E-state index is 0.337. The molecule has 70 valence electrons. The molecule has 2 unspecified atom stereocenters. The molecule has 3 heteroatoms. The number of alkyl halides is 1. The second-order valence-electron chi connectivity index (χ2n) is 3.62. The van der Waals surface area contributed by atoms with Crippen LogP contribution in [0.1, 0.15) is 19.8 Å². The van der Waals surface area contributed by atoms with Crippen molar-refractivity contribution in [2.24, 2.45) is 11.8 Å². The molecule has 0 saturated heterocycles. The second-order valence-corrected chi connectivity index (χ2v) is 4.41. The van der Waals surface area contributed by atoms with Crippen LogP contribution in [-0.2, 0) is 4.79 Å². The number of rotatable bonds is 4. The Balaban J connectivity index is 2.22. The van der Waals surface area contributed by atoms with Crippen molar-refractivity contribution < 1.29 is 4.79 Å². The highest BCUT2D eigenvalue weighted by Crippen LogP contribution is 2.38. The lowest BCUT2D eigenvalue weighted by Crippen LogP contribution is -2.29. The molecule has 0 aromatic heterocycles. The summed E-state index contributed by atoms with van der Waals surface area (Å²) in [7, 11) is 1.90. The highest BCUT2D eigenvalue weighted by Gasteiger charge is 2.40. The molecule has 2 atom stereocenters. The Morgan fingerprint density at radius 1 is 1.67 bits per heavy atom. The molecule has 1 aliphatic rings. The molecule has 0 heterocycles. The van der Waals surface area contributed by atoms with Crippen molar-refractivity contribution in [3.63, 3.8) is 0 Å². The van der Waals surface area contributed by atoms with Crippen LogP contribution in [0.15, 0.2) is 0 Å². The Morgan fingerprint density at radius 3 is 2.67 bits per heavy atom. The van der Waals surface area contributed by atoms with Gasteiger partial charge in [0.2, 0.25) is 5.91 Å². The van der Waals surface area contributed by atoms with Crippen LogP contribution in [0.3, 0.4) is 0 Å². The van der Waals surface area contributed by atoms with Crippen LogP contribution in [-0.4, -0.2) is 29.7 Å². The molecule has 1 fully saturated rings. The van der Waals surface area contributed by atoms with Gasteiger partial charge in [0.1, 0.15) is 0 Å². The maximum absolute atomic E-state index is 11.5. The summed E-state index contributed by atoms with van der Waals surface area (Å²) in [6, 6.07) is 0. The van der Waals surface area contributed by atoms with E-state index in [1.165, 1.54) is 0 Å². The van der Waals surface area contributed by atoms with Gasteiger partial charge in [0.05, 0.1) is 0 Å². The molecule has 0 radical (unpaired) electrons. The van der Waals surface area contributed by atoms with E-state index in [0.29, 0.717) is 17.7 Å². The van der Waals surface area contributed by atoms with Gasteiger partial charge < -0.3 is 4.90 Å². The van der Waals surface area contributed by atoms with Gasteiger partial charge in [-0.05, 0) is 18.8 Å². The molecule has 0 aliphatic heterocycles. The summed E-state index contributed by atoms with van der Waals surface area (Å²) in [6.07, 6.45) is 2.14. The Bertz CT molecular complexity index is 172. The van der Waals surface area contributed by atoms with Gasteiger partial charge in [0.25, 0.3) is 0 Å². The SMILES string of the molecule is CC1CC1C(=O)N(C)CCCBr. The molecular weight excluding hydrogens is 218 g/mol. The lowest BCUT2D eigenvalue weighted by molar-refractivity contribution is -0.131. The average molecular weight is 234 g/mol. The van der Waals surface area contributed by atoms with E-state index in [9.17, 15) is 4.79 Å². The van der Waals surface area contributed by atoms with E-state index >= 15 is 0 Å². The summed E-state index contributed by atoms with van der Waals surface area (Å²) in [4.78, 5) is 13.4. The van der Waals surface area contributed by atoms with Crippen molar-refractivity contribution in [3.05, 3.63) is 0 Å². The molecule has 1 aliphatic carbocycles. The quantitative estimate of drug-likeness (QED) is 0.680. The summed E-state index contributed by atoms with van der Waals surface area (Å²) in [5.74, 6) is 1.30. The lowest BCUT2D eigenvalue weighted by Gasteiger charge is -2.15. The van der Waals surface area contributed by atoms with Crippen molar-refractivity contribution in [1.82, 2.24) is 4.90 Å². The molecule has 1 amide bonds. The van der Waals surface area contributed by atoms with Gasteiger partial charge in [-0.2, -0.15) is 0 Å². The highest BCUT2D eigenvalue weighted by atomic mass is 79.9. The van der Waals surface area contributed by atoms with E-state index < -0.39 is 0 Å². The maximum Gasteiger partial charge on any atom is 0.225 e. The molecule has 0 spiro atoms. The summed E-state index contributed by atoms with van der Waals surface area (Å²) in [6.45, 7) is 3.02. The van der Waals surface area contributed by atoms with Crippen molar-refractivity contribution >= 4 is 21.8 Å². The number of hydrogen-bond donors (Lipinski definition) is 0. The first-order chi connectivity index (χ1) is 5.66. The number of carbonyl (C=O) groups excluding carboxylic acids is 1. The van der Waals surface area contributed by atoms with E-state index in [-0.39, 0.29) is 0 Å². The van der Waals surface area contributed by atoms with Gasteiger partial charge >= 0.3 is 0 Å². The van der Waals surface area contributed by atoms with E-state index in [2.05, 4.69) is 22.9 Å². The zero-order valence-electron chi connectivity index (χ0n) is 7.72. The standard InChI is InChI=1S/C9H16BrNO/c1-7-6-8(7)9(12)11(2)5-3-4-10/h7-8H,3-6H2,1-2H3. The highest BCUT2D eigenvalue weighted by molar-refractivity contribution is 9.09. The number of carbonyl (C=O) groups is 1. The first-order valence-corrected chi connectivity index (χ1v) is 5.60. The molecule has 2 nitrogen and oxygen atoms in total. The van der Waals surface area contributed by atoms with E-state index in [1.54, 1.807) is 0 Å². The smallest absolute Gasteiger partial charge is 0.225 e. The van der Waals surface area contributed by atoms with Crippen molar-refractivity contribution in [3.8, 4) is 0 Å². The predicted octanol–water partition coefficient (Wildman–Crippen LogP) is 1.89. The Hall–Kier alpha value is -0.0500. The van der Waals surface area contributed by atoms with Crippen LogP contribution in [0.5, 0.6) is 0 Å². The van der Waals surface area contributed by atoms with E-state index in [0.717, 1.165) is 24.7 Å². The zero-order valence-corrected chi connectivity index (χ0v) is 9.30. The van der Waals surface area contributed by atoms with Crippen LogP contribution in [0, 0.1) is 11.8 Å². The van der Waals surface area contributed by atoms with Gasteiger partial charge in [-0.25, -0.2) is 0 Å². The molecule has 0 aromatic rings. The van der Waals surface area contributed by atoms with Crippen LogP contribution < -0.4 is 0 Å². The molecule has 1 saturated carbocycles. The third-order valence-electron chi connectivity index (χ3n) is 2.43. The lowest BCUT2D eigenvalue weighted by atomic mass is 10.3. The van der Waals surface area contributed by atoms with Gasteiger partial charge in [-0.1, -0.05) is 22.9 Å². The molecular formula is C9H16BrNO. The van der Waals surface area contributed by atoms with Crippen LogP contribution >= 0.6 is 15.9 Å². The predicted molar refractivity (Wildman–Crippen MR) is 53.3 cm³/mol. The van der Waals surface area contributed by atoms with Crippen molar-refractivity contribution in [2.45, 2.75) is 19.8 Å². The number of nitrogens with zero attached hydrogens (tertiary/aromatic N) is 1. The summed E-state index contributed by atoms with van der Waals surface area (Å²) in [5.41, 5.74) is 0. The number of amides is 1. The normalized spacial score (nSPS) is 26.9. The second kappa shape index (κ2) is 4.26. The minimum Gasteiger partial charge on any atom is -0.345 e. The topological polar surface area (TPSA) is 20.3 Å². The van der Waals surface area contributed by atoms with Crippen LogP contribution in [0.4, 0.5) is 0 Å². The molecule has 1 rings (SSSR count). The Morgan fingerprint density at radius 2 is 2.25 bits per heavy atom. The molecule has 0 aromatic carbocycles. The molecule has 0 N–H and O–H groups in total. The Labute approximate surface area is 82.4 Å². The third kappa shape index (κ3) is 2.47. The summed E-state index contributed by atoms with van der Waals surface area (Å²) >= 11 is 3.35. The van der Waals surface area contributed by atoms with Crippen LogP contribution in [0.25, 0.3) is 0 Å². The maximum atomic E-state index is 11.5. The zero-order chi connectivity index (χ0) is 9.14. The first kappa shape index (κ1) is 10.0. The Kier molecular flexibility index (Phi) is 3.56. The molecule has 0 bridgehead atoms. The van der Waals surface area contributed by atoms with E-state index in [4.69, 9.17) is 0 Å². The fourth-order valence-corrected chi connectivity index (χ4v) is 1.61. The minimum absolute atomic E-state index is 0.337. The molecule has 12 heavy (non-hydrogen) atoms. The average Bonchev–Trinajstić information content (AvgIpc) is 2.77. The van der Waals surface area contributed by atoms with Crippen LogP contribution in [0.2, 0.25) is 0 Å².